The summed E-state index contributed by atoms with van der Waals surface area (Å²) in [6, 6.07) is 10.8. The Morgan fingerprint density at radius 2 is 1.77 bits per heavy atom. The third-order valence-corrected chi connectivity index (χ3v) is 5.14. The summed E-state index contributed by atoms with van der Waals surface area (Å²) in [5.41, 5.74) is 2.90. The van der Waals surface area contributed by atoms with E-state index in [4.69, 9.17) is 0 Å². The highest BCUT2D eigenvalue weighted by molar-refractivity contribution is 7.99. The Balaban J connectivity index is 1.31. The fourth-order valence-corrected chi connectivity index (χ4v) is 3.65. The fourth-order valence-electron chi connectivity index (χ4n) is 2.88. The summed E-state index contributed by atoms with van der Waals surface area (Å²) in [6.07, 6.45) is 6.00. The van der Waals surface area contributed by atoms with E-state index in [2.05, 4.69) is 15.0 Å². The van der Waals surface area contributed by atoms with Crippen LogP contribution in [0.3, 0.4) is 0 Å². The molecule has 4 rings (SSSR count). The minimum atomic E-state index is -0.201. The van der Waals surface area contributed by atoms with Gasteiger partial charge in [-0.3, -0.25) is 19.5 Å². The zero-order valence-corrected chi connectivity index (χ0v) is 14.7. The van der Waals surface area contributed by atoms with Crippen LogP contribution in [0.1, 0.15) is 27.1 Å². The van der Waals surface area contributed by atoms with E-state index in [-0.39, 0.29) is 11.8 Å². The molecule has 26 heavy (non-hydrogen) atoms. The summed E-state index contributed by atoms with van der Waals surface area (Å²) in [7, 11) is 0. The Morgan fingerprint density at radius 1 is 1.00 bits per heavy atom. The van der Waals surface area contributed by atoms with Gasteiger partial charge < -0.3 is 4.98 Å². The van der Waals surface area contributed by atoms with Crippen LogP contribution >= 0.6 is 11.8 Å². The Morgan fingerprint density at radius 3 is 2.46 bits per heavy atom. The van der Waals surface area contributed by atoms with Crippen molar-refractivity contribution in [3.63, 3.8) is 0 Å². The summed E-state index contributed by atoms with van der Waals surface area (Å²) in [5.74, 6) is 0.354. The van der Waals surface area contributed by atoms with Crippen LogP contribution in [0.15, 0.2) is 60.1 Å². The molecule has 2 amide bonds. The molecule has 6 nitrogen and oxygen atoms in total. The van der Waals surface area contributed by atoms with Crippen molar-refractivity contribution in [1.82, 2.24) is 19.9 Å². The van der Waals surface area contributed by atoms with Gasteiger partial charge in [-0.1, -0.05) is 23.9 Å². The van der Waals surface area contributed by atoms with Crippen LogP contribution in [-0.2, 0) is 0 Å². The number of pyridine rings is 1. The maximum atomic E-state index is 12.3. The van der Waals surface area contributed by atoms with Gasteiger partial charge in [0.05, 0.1) is 23.0 Å². The molecule has 1 aliphatic rings. The summed E-state index contributed by atoms with van der Waals surface area (Å²) < 4.78 is 0. The van der Waals surface area contributed by atoms with Crippen molar-refractivity contribution in [1.29, 1.82) is 0 Å². The molecule has 1 aliphatic heterocycles. The number of fused-ring (bicyclic) bond motifs is 1. The predicted octanol–water partition coefficient (Wildman–Crippen LogP) is 3.25. The monoisotopic (exact) mass is 364 g/mol. The maximum absolute atomic E-state index is 12.3. The Bertz CT molecular complexity index is 920. The van der Waals surface area contributed by atoms with Crippen molar-refractivity contribution in [3.05, 3.63) is 66.1 Å². The number of aromatic nitrogens is 3. The van der Waals surface area contributed by atoms with Gasteiger partial charge in [0.25, 0.3) is 11.8 Å². The lowest BCUT2D eigenvalue weighted by Gasteiger charge is -2.12. The van der Waals surface area contributed by atoms with Crippen molar-refractivity contribution < 1.29 is 9.59 Å². The molecule has 0 radical (unpaired) electrons. The number of hydrogen-bond donors (Lipinski definition) is 1. The van der Waals surface area contributed by atoms with Crippen molar-refractivity contribution in [2.45, 2.75) is 11.6 Å². The lowest BCUT2D eigenvalue weighted by Crippen LogP contribution is -2.30. The fraction of sp³-hybridized carbons (Fsp3) is 0.158. The summed E-state index contributed by atoms with van der Waals surface area (Å²) in [5, 5.41) is 0.811. The van der Waals surface area contributed by atoms with Crippen LogP contribution < -0.4 is 0 Å². The summed E-state index contributed by atoms with van der Waals surface area (Å²) >= 11 is 1.57. The first-order chi connectivity index (χ1) is 12.7. The van der Waals surface area contributed by atoms with Crippen LogP contribution in [0.5, 0.6) is 0 Å². The molecule has 3 heterocycles. The van der Waals surface area contributed by atoms with Gasteiger partial charge in [-0.25, -0.2) is 4.98 Å². The molecule has 0 atom stereocenters. The Labute approximate surface area is 154 Å². The molecule has 0 fully saturated rings. The first-order valence-corrected chi connectivity index (χ1v) is 9.26. The molecule has 3 aromatic rings. The molecule has 0 saturated heterocycles. The summed E-state index contributed by atoms with van der Waals surface area (Å²) in [6.45, 7) is 0.412. The minimum absolute atomic E-state index is 0.201. The number of thioether (sulfide) groups is 1. The number of imide groups is 1. The van der Waals surface area contributed by atoms with Crippen molar-refractivity contribution >= 4 is 23.6 Å². The molecule has 130 valence electrons. The number of aromatic amines is 1. The molecule has 1 aromatic carbocycles. The van der Waals surface area contributed by atoms with Gasteiger partial charge in [-0.15, -0.1) is 0 Å². The van der Waals surface area contributed by atoms with Gasteiger partial charge in [0.1, 0.15) is 0 Å². The van der Waals surface area contributed by atoms with E-state index in [1.165, 1.54) is 4.90 Å². The molecule has 0 spiro atoms. The van der Waals surface area contributed by atoms with E-state index in [0.29, 0.717) is 24.1 Å². The van der Waals surface area contributed by atoms with Crippen molar-refractivity contribution in [3.8, 4) is 11.3 Å². The lowest BCUT2D eigenvalue weighted by molar-refractivity contribution is 0.0655. The third kappa shape index (κ3) is 3.13. The average Bonchev–Trinajstić information content (AvgIpc) is 3.25. The number of hydrogen-bond acceptors (Lipinski definition) is 5. The van der Waals surface area contributed by atoms with Gasteiger partial charge >= 0.3 is 0 Å². The van der Waals surface area contributed by atoms with Crippen LogP contribution in [-0.4, -0.2) is 44.0 Å². The number of nitrogens with one attached hydrogen (secondary N) is 1. The molecular weight excluding hydrogens is 348 g/mol. The van der Waals surface area contributed by atoms with Gasteiger partial charge in [0.2, 0.25) is 0 Å². The van der Waals surface area contributed by atoms with Gasteiger partial charge in [-0.2, -0.15) is 0 Å². The van der Waals surface area contributed by atoms with E-state index in [1.807, 2.05) is 12.1 Å². The molecule has 0 saturated carbocycles. The highest BCUT2D eigenvalue weighted by atomic mass is 32.2. The van der Waals surface area contributed by atoms with E-state index >= 15 is 0 Å². The smallest absolute Gasteiger partial charge is 0.261 e. The number of imidazole rings is 1. The minimum Gasteiger partial charge on any atom is -0.333 e. The second-order valence-electron chi connectivity index (χ2n) is 5.85. The molecule has 2 aromatic heterocycles. The number of amides is 2. The normalized spacial score (nSPS) is 13.3. The van der Waals surface area contributed by atoms with Gasteiger partial charge in [0, 0.05) is 30.3 Å². The Kier molecular flexibility index (Phi) is 4.53. The molecule has 7 heteroatoms. The number of carbonyl (C=O) groups excluding carboxylic acids is 2. The quantitative estimate of drug-likeness (QED) is 0.413. The lowest BCUT2D eigenvalue weighted by atomic mass is 10.1. The largest absolute Gasteiger partial charge is 0.333 e. The number of H-pyrrole nitrogens is 1. The van der Waals surface area contributed by atoms with E-state index in [9.17, 15) is 9.59 Å². The second-order valence-corrected chi connectivity index (χ2v) is 6.94. The Hall–Kier alpha value is -2.93. The zero-order chi connectivity index (χ0) is 17.9. The predicted molar refractivity (Wildman–Crippen MR) is 99.0 cm³/mol. The maximum Gasteiger partial charge on any atom is 0.261 e. The molecular formula is C19H16N4O2S. The van der Waals surface area contributed by atoms with Crippen molar-refractivity contribution in [2.75, 3.05) is 12.3 Å². The van der Waals surface area contributed by atoms with E-state index < -0.39 is 0 Å². The molecule has 0 aliphatic carbocycles. The van der Waals surface area contributed by atoms with Crippen LogP contribution in [0.2, 0.25) is 0 Å². The van der Waals surface area contributed by atoms with Crippen LogP contribution in [0.25, 0.3) is 11.3 Å². The molecule has 0 unspecified atom stereocenters. The van der Waals surface area contributed by atoms with Crippen LogP contribution in [0, 0.1) is 0 Å². The highest BCUT2D eigenvalue weighted by Crippen LogP contribution is 2.24. The molecule has 0 bridgehead atoms. The highest BCUT2D eigenvalue weighted by Gasteiger charge is 2.34. The number of rotatable bonds is 6. The third-order valence-electron chi connectivity index (χ3n) is 4.17. The zero-order valence-electron chi connectivity index (χ0n) is 13.9. The topological polar surface area (TPSA) is 79.0 Å². The van der Waals surface area contributed by atoms with Gasteiger partial charge in [-0.05, 0) is 30.7 Å². The average molecular weight is 364 g/mol. The SMILES string of the molecule is O=C1c2ccccc2C(=O)N1CCCSc1ncc(-c2cccnc2)[nH]1. The number of benzene rings is 1. The second kappa shape index (κ2) is 7.13. The number of carbonyl (C=O) groups is 2. The standard InChI is InChI=1S/C19H16N4O2S/c24-17-14-6-1-2-7-15(14)18(25)23(17)9-4-10-26-19-21-12-16(22-19)13-5-3-8-20-11-13/h1-3,5-8,11-12H,4,9-10H2,(H,21,22). The van der Waals surface area contributed by atoms with E-state index in [0.717, 1.165) is 22.2 Å². The summed E-state index contributed by atoms with van der Waals surface area (Å²) in [4.78, 5) is 37.6. The first-order valence-electron chi connectivity index (χ1n) is 8.27. The molecule has 1 N–H and O–H groups in total. The van der Waals surface area contributed by atoms with Gasteiger partial charge in [0.15, 0.2) is 5.16 Å². The first kappa shape index (κ1) is 16.5. The van der Waals surface area contributed by atoms with Crippen molar-refractivity contribution in [2.24, 2.45) is 0 Å². The number of nitrogens with zero attached hydrogens (tertiary/aromatic N) is 3. The van der Waals surface area contributed by atoms with Crippen LogP contribution in [0.4, 0.5) is 0 Å². The van der Waals surface area contributed by atoms with E-state index in [1.54, 1.807) is 54.6 Å².